The van der Waals surface area contributed by atoms with Gasteiger partial charge in [0.2, 0.25) is 0 Å². The number of carbonyl (C=O) groups excluding carboxylic acids is 3. The largest absolute Gasteiger partial charge is 0.462 e. The summed E-state index contributed by atoms with van der Waals surface area (Å²) in [5, 5.41) is 0. The molecule has 0 fully saturated rings. The van der Waals surface area contributed by atoms with Crippen LogP contribution in [0.2, 0.25) is 0 Å². The van der Waals surface area contributed by atoms with Gasteiger partial charge in [0.25, 0.3) is 0 Å². The fourth-order valence-corrected chi connectivity index (χ4v) is 11.3. The van der Waals surface area contributed by atoms with Crippen molar-refractivity contribution in [1.29, 1.82) is 0 Å². The van der Waals surface area contributed by atoms with Crippen molar-refractivity contribution >= 4 is 17.9 Å². The second-order valence-corrected chi connectivity index (χ2v) is 24.9. The van der Waals surface area contributed by atoms with Gasteiger partial charge in [-0.1, -0.05) is 367 Å². The van der Waals surface area contributed by atoms with E-state index in [2.05, 4.69) is 32.9 Å². The van der Waals surface area contributed by atoms with E-state index in [9.17, 15) is 14.4 Å². The summed E-state index contributed by atoms with van der Waals surface area (Å²) in [5.74, 6) is -0.824. The quantitative estimate of drug-likeness (QED) is 0.0261. The number of ether oxygens (including phenoxy) is 3. The molecule has 6 heteroatoms. The van der Waals surface area contributed by atoms with Crippen LogP contribution in [-0.2, 0) is 28.6 Å². The maximum Gasteiger partial charge on any atom is 0.306 e. The first-order chi connectivity index (χ1) is 39.0. The standard InChI is InChI=1S/C73H140O6/c1-4-7-10-13-16-19-22-25-28-31-34-35-36-37-40-42-45-48-51-54-57-60-63-66-72(75)78-69-70(79-73(76)67-64-61-58-55-52-49-46-43-39-33-30-27-24-21-18-15-12-9-6-3)68-77-71(74)65-62-59-56-53-50-47-44-41-38-32-29-26-23-20-17-14-11-8-5-2/h31,34,70H,4-30,32-33,35-69H2,1-3H3/b34-31-. The summed E-state index contributed by atoms with van der Waals surface area (Å²) in [6, 6.07) is 0. The molecule has 6 nitrogen and oxygen atoms in total. The van der Waals surface area contributed by atoms with Crippen LogP contribution in [0.3, 0.4) is 0 Å². The average molecular weight is 1110 g/mol. The molecule has 0 heterocycles. The summed E-state index contributed by atoms with van der Waals surface area (Å²) in [6.07, 6.45) is 82.4. The smallest absolute Gasteiger partial charge is 0.306 e. The SMILES string of the molecule is CCCCCCCCCC/C=C\CCCCCCCCCCCCCC(=O)OCC(COC(=O)CCCCCCCCCCCCCCCCCCCCC)OC(=O)CCCCCCCCCCCCCCCCCCCCC. The molecule has 0 N–H and O–H groups in total. The Kier molecular flexibility index (Phi) is 67.0. The maximum atomic E-state index is 13.0. The Morgan fingerprint density at radius 1 is 0.241 bits per heavy atom. The molecule has 0 saturated carbocycles. The molecule has 0 aromatic carbocycles. The van der Waals surface area contributed by atoms with Crippen molar-refractivity contribution in [2.24, 2.45) is 0 Å². The molecule has 0 radical (unpaired) electrons. The number of unbranched alkanes of at least 4 members (excludes halogenated alkanes) is 55. The molecule has 0 spiro atoms. The highest BCUT2D eigenvalue weighted by Crippen LogP contribution is 2.19. The topological polar surface area (TPSA) is 78.9 Å². The van der Waals surface area contributed by atoms with E-state index in [1.807, 2.05) is 0 Å². The molecule has 79 heavy (non-hydrogen) atoms. The van der Waals surface area contributed by atoms with Gasteiger partial charge in [0.15, 0.2) is 6.10 Å². The molecule has 468 valence electrons. The van der Waals surface area contributed by atoms with Crippen molar-refractivity contribution < 1.29 is 28.6 Å². The number of allylic oxidation sites excluding steroid dienone is 2. The molecule has 1 atom stereocenters. The molecule has 0 aliphatic carbocycles. The van der Waals surface area contributed by atoms with Crippen LogP contribution in [0.4, 0.5) is 0 Å². The lowest BCUT2D eigenvalue weighted by Crippen LogP contribution is -2.30. The average Bonchev–Trinajstić information content (AvgIpc) is 3.45. The van der Waals surface area contributed by atoms with Crippen LogP contribution in [0.15, 0.2) is 12.2 Å². The van der Waals surface area contributed by atoms with Crippen LogP contribution < -0.4 is 0 Å². The van der Waals surface area contributed by atoms with Crippen LogP contribution in [0.5, 0.6) is 0 Å². The van der Waals surface area contributed by atoms with Crippen LogP contribution in [-0.4, -0.2) is 37.2 Å². The van der Waals surface area contributed by atoms with Crippen molar-refractivity contribution in [3.05, 3.63) is 12.2 Å². The van der Waals surface area contributed by atoms with Gasteiger partial charge in [0, 0.05) is 19.3 Å². The molecule has 0 aromatic heterocycles. The van der Waals surface area contributed by atoms with Crippen molar-refractivity contribution in [2.75, 3.05) is 13.2 Å². The molecule has 0 saturated heterocycles. The Hall–Kier alpha value is -1.85. The minimum Gasteiger partial charge on any atom is -0.462 e. The lowest BCUT2D eigenvalue weighted by molar-refractivity contribution is -0.167. The van der Waals surface area contributed by atoms with E-state index in [4.69, 9.17) is 14.2 Å². The van der Waals surface area contributed by atoms with Gasteiger partial charge in [-0.2, -0.15) is 0 Å². The van der Waals surface area contributed by atoms with Crippen LogP contribution in [0, 0.1) is 0 Å². The maximum absolute atomic E-state index is 13.0. The second kappa shape index (κ2) is 68.6. The highest BCUT2D eigenvalue weighted by molar-refractivity contribution is 5.71. The van der Waals surface area contributed by atoms with E-state index in [0.29, 0.717) is 19.3 Å². The molecule has 0 aliphatic rings. The third-order valence-electron chi connectivity index (χ3n) is 16.8. The predicted molar refractivity (Wildman–Crippen MR) is 344 cm³/mol. The van der Waals surface area contributed by atoms with E-state index in [1.165, 1.54) is 321 Å². The van der Waals surface area contributed by atoms with Crippen molar-refractivity contribution in [3.63, 3.8) is 0 Å². The van der Waals surface area contributed by atoms with Crippen LogP contribution in [0.1, 0.15) is 419 Å². The Morgan fingerprint density at radius 2 is 0.418 bits per heavy atom. The minimum absolute atomic E-state index is 0.0625. The van der Waals surface area contributed by atoms with Gasteiger partial charge < -0.3 is 14.2 Å². The van der Waals surface area contributed by atoms with Gasteiger partial charge in [0.05, 0.1) is 0 Å². The highest BCUT2D eigenvalue weighted by Gasteiger charge is 2.20. The Morgan fingerprint density at radius 3 is 0.633 bits per heavy atom. The monoisotopic (exact) mass is 1110 g/mol. The first-order valence-electron chi connectivity index (χ1n) is 36.2. The number of hydrogen-bond donors (Lipinski definition) is 0. The zero-order valence-corrected chi connectivity index (χ0v) is 53.9. The predicted octanol–water partition coefficient (Wildman–Crippen LogP) is 24.8. The lowest BCUT2D eigenvalue weighted by Gasteiger charge is -2.18. The summed E-state index contributed by atoms with van der Waals surface area (Å²) >= 11 is 0. The Balaban J connectivity index is 4.27. The van der Waals surface area contributed by atoms with Crippen LogP contribution >= 0.6 is 0 Å². The van der Waals surface area contributed by atoms with Crippen molar-refractivity contribution in [2.45, 2.75) is 425 Å². The fraction of sp³-hybridized carbons (Fsp3) is 0.932. The number of carbonyl (C=O) groups is 3. The summed E-state index contributed by atoms with van der Waals surface area (Å²) in [6.45, 7) is 6.74. The molecule has 0 bridgehead atoms. The molecular weight excluding hydrogens is 973 g/mol. The normalized spacial score (nSPS) is 12.0. The highest BCUT2D eigenvalue weighted by atomic mass is 16.6. The zero-order valence-electron chi connectivity index (χ0n) is 53.9. The van der Waals surface area contributed by atoms with E-state index >= 15 is 0 Å². The van der Waals surface area contributed by atoms with E-state index in [0.717, 1.165) is 57.8 Å². The summed E-state index contributed by atoms with van der Waals surface area (Å²) in [4.78, 5) is 38.5. The number of esters is 3. The Labute approximate surface area is 494 Å². The van der Waals surface area contributed by atoms with Gasteiger partial charge in [-0.05, 0) is 44.9 Å². The van der Waals surface area contributed by atoms with Crippen LogP contribution in [0.25, 0.3) is 0 Å². The number of rotatable bonds is 68. The Bertz CT molecular complexity index is 1230. The summed E-state index contributed by atoms with van der Waals surface area (Å²) in [7, 11) is 0. The lowest BCUT2D eigenvalue weighted by atomic mass is 10.0. The molecule has 0 aliphatic heterocycles. The second-order valence-electron chi connectivity index (χ2n) is 24.9. The third kappa shape index (κ3) is 66.8. The van der Waals surface area contributed by atoms with Gasteiger partial charge in [-0.3, -0.25) is 14.4 Å². The minimum atomic E-state index is -0.767. The van der Waals surface area contributed by atoms with Gasteiger partial charge >= 0.3 is 17.9 Å². The van der Waals surface area contributed by atoms with E-state index in [1.54, 1.807) is 0 Å². The molecule has 0 amide bonds. The molecule has 0 aromatic rings. The summed E-state index contributed by atoms with van der Waals surface area (Å²) < 4.78 is 17.0. The van der Waals surface area contributed by atoms with E-state index in [-0.39, 0.29) is 31.1 Å². The van der Waals surface area contributed by atoms with Crippen molar-refractivity contribution in [1.82, 2.24) is 0 Å². The van der Waals surface area contributed by atoms with Gasteiger partial charge in [-0.25, -0.2) is 0 Å². The third-order valence-corrected chi connectivity index (χ3v) is 16.8. The van der Waals surface area contributed by atoms with E-state index < -0.39 is 6.10 Å². The van der Waals surface area contributed by atoms with Gasteiger partial charge in [-0.15, -0.1) is 0 Å². The first-order valence-corrected chi connectivity index (χ1v) is 36.2. The fourth-order valence-electron chi connectivity index (χ4n) is 11.3. The number of hydrogen-bond acceptors (Lipinski definition) is 6. The first kappa shape index (κ1) is 77.2. The zero-order chi connectivity index (χ0) is 57.1. The molecule has 0 rings (SSSR count). The van der Waals surface area contributed by atoms with Gasteiger partial charge in [0.1, 0.15) is 13.2 Å². The van der Waals surface area contributed by atoms with Crippen molar-refractivity contribution in [3.8, 4) is 0 Å². The molecule has 1 unspecified atom stereocenters. The molecular formula is C73H140O6. The summed E-state index contributed by atoms with van der Waals surface area (Å²) in [5.41, 5.74) is 0.